The Morgan fingerprint density at radius 3 is 2.88 bits per heavy atom. The molecule has 3 atom stereocenters. The first-order valence-corrected chi connectivity index (χ1v) is 14.4. The third kappa shape index (κ3) is 6.78. The van der Waals surface area contributed by atoms with Gasteiger partial charge in [0.2, 0.25) is 0 Å². The summed E-state index contributed by atoms with van der Waals surface area (Å²) in [5.74, 6) is -4.08. The lowest BCUT2D eigenvalue weighted by molar-refractivity contribution is -0.149. The molecule has 218 valence electrons. The molecule has 10 heteroatoms. The van der Waals surface area contributed by atoms with Crippen molar-refractivity contribution >= 4 is 11.8 Å². The second-order valence-corrected chi connectivity index (χ2v) is 11.0. The summed E-state index contributed by atoms with van der Waals surface area (Å²) in [7, 11) is 0. The Bertz CT molecular complexity index is 1170. The van der Waals surface area contributed by atoms with E-state index in [0.717, 1.165) is 49.8 Å². The van der Waals surface area contributed by atoms with Gasteiger partial charge in [-0.1, -0.05) is 12.1 Å². The van der Waals surface area contributed by atoms with Crippen LogP contribution in [0.2, 0.25) is 0 Å². The van der Waals surface area contributed by atoms with Gasteiger partial charge in [0.25, 0.3) is 5.92 Å². The van der Waals surface area contributed by atoms with Gasteiger partial charge < -0.3 is 19.9 Å². The van der Waals surface area contributed by atoms with Gasteiger partial charge in [-0.15, -0.1) is 0 Å². The Kier molecular flexibility index (Phi) is 9.27. The molecule has 1 unspecified atom stereocenters. The van der Waals surface area contributed by atoms with E-state index in [2.05, 4.69) is 16.4 Å². The Morgan fingerprint density at radius 1 is 1.20 bits per heavy atom. The summed E-state index contributed by atoms with van der Waals surface area (Å²) in [5, 5.41) is 13.5. The number of benzene rings is 1. The number of aromatic nitrogens is 1. The largest absolute Gasteiger partial charge is 0.480 e. The lowest BCUT2D eigenvalue weighted by Gasteiger charge is -2.36. The number of nitrogens with one attached hydrogen (secondary N) is 1. The quantitative estimate of drug-likeness (QED) is 0.314. The molecule has 0 spiro atoms. The summed E-state index contributed by atoms with van der Waals surface area (Å²) in [4.78, 5) is 18.5. The van der Waals surface area contributed by atoms with E-state index in [1.165, 1.54) is 22.6 Å². The number of unbranched alkanes of at least 4 members (excludes halogenated alkanes) is 1. The van der Waals surface area contributed by atoms with E-state index in [1.54, 1.807) is 0 Å². The van der Waals surface area contributed by atoms with Crippen molar-refractivity contribution in [3.63, 3.8) is 0 Å². The first-order valence-electron chi connectivity index (χ1n) is 14.4. The summed E-state index contributed by atoms with van der Waals surface area (Å²) in [6, 6.07) is 5.25. The predicted octanol–water partition coefficient (Wildman–Crippen LogP) is 5.87. The molecule has 7 nitrogen and oxygen atoms in total. The van der Waals surface area contributed by atoms with Crippen LogP contribution in [0, 0.1) is 5.82 Å². The number of carbonyl (C=O) groups is 1. The molecule has 5 rings (SSSR count). The van der Waals surface area contributed by atoms with Crippen molar-refractivity contribution in [3.05, 3.63) is 58.5 Å². The van der Waals surface area contributed by atoms with Gasteiger partial charge in [-0.25, -0.2) is 18.2 Å². The number of hydrogen-bond acceptors (Lipinski definition) is 6. The van der Waals surface area contributed by atoms with Crippen molar-refractivity contribution < 1.29 is 32.5 Å². The van der Waals surface area contributed by atoms with Crippen LogP contribution in [0.1, 0.15) is 79.8 Å². The predicted molar refractivity (Wildman–Crippen MR) is 144 cm³/mol. The van der Waals surface area contributed by atoms with Crippen LogP contribution in [-0.4, -0.2) is 58.9 Å². The highest BCUT2D eigenvalue weighted by atomic mass is 19.3. The average Bonchev–Trinajstić information content (AvgIpc) is 3.64. The maximum atomic E-state index is 15.6. The average molecular weight is 562 g/mol. The van der Waals surface area contributed by atoms with Crippen molar-refractivity contribution in [2.75, 3.05) is 25.0 Å². The first-order chi connectivity index (χ1) is 19.3. The first kappa shape index (κ1) is 28.8. The fourth-order valence-electron chi connectivity index (χ4n) is 6.16. The van der Waals surface area contributed by atoms with Crippen molar-refractivity contribution in [1.29, 1.82) is 0 Å². The van der Waals surface area contributed by atoms with Crippen LogP contribution in [0.3, 0.4) is 0 Å². The van der Waals surface area contributed by atoms with Crippen LogP contribution < -0.4 is 5.32 Å². The maximum Gasteiger partial charge on any atom is 0.325 e. The number of alkyl halides is 2. The number of nitrogens with zero attached hydrogens (tertiary/aromatic N) is 2. The molecule has 3 aliphatic heterocycles. The second-order valence-electron chi connectivity index (χ2n) is 11.0. The van der Waals surface area contributed by atoms with E-state index in [0.29, 0.717) is 37.9 Å². The highest BCUT2D eigenvalue weighted by Gasteiger charge is 2.49. The van der Waals surface area contributed by atoms with Gasteiger partial charge in [0.05, 0.1) is 12.6 Å². The topological polar surface area (TPSA) is 83.9 Å². The van der Waals surface area contributed by atoms with Gasteiger partial charge in [-0.2, -0.15) is 0 Å². The Hall–Kier alpha value is -2.69. The number of rotatable bonds is 12. The number of aryl methyl sites for hydroxylation is 2. The molecule has 1 aromatic carbocycles. The monoisotopic (exact) mass is 561 g/mol. The van der Waals surface area contributed by atoms with Crippen molar-refractivity contribution in [2.24, 2.45) is 0 Å². The number of carboxylic acid groups (broad SMARTS) is 1. The third-order valence-electron chi connectivity index (χ3n) is 8.21. The van der Waals surface area contributed by atoms with Gasteiger partial charge in [-0.05, 0) is 92.8 Å². The summed E-state index contributed by atoms with van der Waals surface area (Å²) >= 11 is 0. The van der Waals surface area contributed by atoms with Gasteiger partial charge in [-0.3, -0.25) is 9.69 Å². The number of anilines is 1. The van der Waals surface area contributed by atoms with E-state index < -0.39 is 36.1 Å². The van der Waals surface area contributed by atoms with E-state index in [9.17, 15) is 14.3 Å². The summed E-state index contributed by atoms with van der Waals surface area (Å²) in [5.41, 5.74) is 2.69. The van der Waals surface area contributed by atoms with Crippen LogP contribution in [0.15, 0.2) is 30.3 Å². The second kappa shape index (κ2) is 12.9. The van der Waals surface area contributed by atoms with Crippen molar-refractivity contribution in [1.82, 2.24) is 9.88 Å². The lowest BCUT2D eigenvalue weighted by Crippen LogP contribution is -2.47. The Balaban J connectivity index is 1.24. The molecule has 2 fully saturated rings. The minimum absolute atomic E-state index is 0.0191. The van der Waals surface area contributed by atoms with Crippen LogP contribution in [0.25, 0.3) is 0 Å². The van der Waals surface area contributed by atoms with Gasteiger partial charge in [0.1, 0.15) is 17.7 Å². The number of likely N-dealkylation sites (tertiary alicyclic amines) is 1. The van der Waals surface area contributed by atoms with E-state index >= 15 is 8.78 Å². The molecular weight excluding hydrogens is 523 g/mol. The van der Waals surface area contributed by atoms with Gasteiger partial charge >= 0.3 is 5.97 Å². The number of fused-ring (bicyclic) bond motifs is 1. The zero-order valence-corrected chi connectivity index (χ0v) is 22.7. The number of carboxylic acids is 1. The fourth-order valence-corrected chi connectivity index (χ4v) is 6.16. The van der Waals surface area contributed by atoms with Gasteiger partial charge in [0, 0.05) is 31.7 Å². The van der Waals surface area contributed by atoms with Crippen molar-refractivity contribution in [2.45, 2.75) is 95.1 Å². The van der Waals surface area contributed by atoms with E-state index in [4.69, 9.17) is 9.47 Å². The molecule has 2 aromatic rings. The van der Waals surface area contributed by atoms with Crippen LogP contribution in [0.4, 0.5) is 19.0 Å². The lowest BCUT2D eigenvalue weighted by atomic mass is 9.95. The highest BCUT2D eigenvalue weighted by molar-refractivity contribution is 5.76. The van der Waals surface area contributed by atoms with Crippen LogP contribution >= 0.6 is 0 Å². The molecule has 2 N–H and O–H groups in total. The highest BCUT2D eigenvalue weighted by Crippen LogP contribution is 2.41. The molecule has 0 amide bonds. The number of pyridine rings is 1. The minimum Gasteiger partial charge on any atom is -0.480 e. The van der Waals surface area contributed by atoms with Crippen LogP contribution in [-0.2, 0) is 33.7 Å². The molecule has 3 aliphatic rings. The Morgan fingerprint density at radius 2 is 2.08 bits per heavy atom. The summed E-state index contributed by atoms with van der Waals surface area (Å²) in [6.45, 7) is 1.70. The number of halogens is 3. The van der Waals surface area contributed by atoms with Crippen molar-refractivity contribution in [3.8, 4) is 0 Å². The molecule has 40 heavy (non-hydrogen) atoms. The van der Waals surface area contributed by atoms with E-state index in [1.807, 2.05) is 6.07 Å². The number of hydrogen-bond donors (Lipinski definition) is 2. The molecule has 4 heterocycles. The summed E-state index contributed by atoms with van der Waals surface area (Å²) < 4.78 is 56.8. The number of ether oxygens (including phenoxy) is 2. The molecule has 0 bridgehead atoms. The zero-order valence-electron chi connectivity index (χ0n) is 22.7. The maximum absolute atomic E-state index is 15.6. The SMILES string of the molecule is O=C(O)C(c1cc(F)ccc1CO[C@@H]1CCCO1)N1CCC[C@@H]1C(F)(F)CCCCc1ccc2c(n1)NCCC2. The minimum atomic E-state index is -3.09. The van der Waals surface area contributed by atoms with Crippen LogP contribution in [0.5, 0.6) is 0 Å². The molecule has 0 radical (unpaired) electrons. The molecule has 1 aromatic heterocycles. The molecule has 0 aliphatic carbocycles. The fraction of sp³-hybridized carbons (Fsp3) is 0.600. The molecule has 0 saturated carbocycles. The summed E-state index contributed by atoms with van der Waals surface area (Å²) in [6.07, 6.45) is 5.01. The number of aliphatic carboxylic acids is 1. The molecular formula is C30H38F3N3O4. The van der Waals surface area contributed by atoms with Gasteiger partial charge in [0.15, 0.2) is 6.29 Å². The molecule has 2 saturated heterocycles. The normalized spacial score (nSPS) is 22.2. The van der Waals surface area contributed by atoms with E-state index in [-0.39, 0.29) is 31.6 Å². The Labute approximate surface area is 233 Å². The third-order valence-corrected chi connectivity index (χ3v) is 8.21. The smallest absolute Gasteiger partial charge is 0.325 e. The standard InChI is InChI=1S/C30H38F3N3O4/c31-22-12-10-21(19-40-26-9-5-17-39-26)24(18-22)27(29(37)38)36-16-4-8-25(36)30(32,33)14-2-1-7-23-13-11-20-6-3-15-34-28(20)35-23/h10-13,18,25-27H,1-9,14-17,19H2,(H,34,35)(H,37,38)/t25-,26-,27?/m1/s1. The zero-order chi connectivity index (χ0) is 28.1.